The molecule has 26 heavy (non-hydrogen) atoms. The third-order valence-corrected chi connectivity index (χ3v) is 2.99. The largest absolute Gasteiger partial charge is 0.388 e. The topological polar surface area (TPSA) is 132 Å². The standard InChI is InChI=1S/C18H8N4O4/c19-9-23-15-4-3-14(18(8-15)26-12-22)2-1-13-5-16(24-10-20)7-17(6-13)25-11-21/h1-8H/b2-1+. The van der Waals surface area contributed by atoms with Crippen LogP contribution in [-0.2, 0) is 0 Å². The number of rotatable bonds is 6. The number of benzene rings is 2. The molecule has 0 aliphatic heterocycles. The molecule has 8 nitrogen and oxygen atoms in total. The molecule has 0 aliphatic carbocycles. The monoisotopic (exact) mass is 344 g/mol. The van der Waals surface area contributed by atoms with Crippen molar-refractivity contribution in [2.45, 2.75) is 0 Å². The molecule has 0 N–H and O–H groups in total. The zero-order valence-corrected chi connectivity index (χ0v) is 13.0. The molecule has 0 aromatic heterocycles. The first kappa shape index (κ1) is 17.7. The van der Waals surface area contributed by atoms with Gasteiger partial charge in [-0.05, 0) is 29.8 Å². The zero-order chi connectivity index (χ0) is 18.8. The first-order valence-electron chi connectivity index (χ1n) is 6.91. The molecule has 0 heterocycles. The van der Waals surface area contributed by atoms with Gasteiger partial charge in [-0.3, -0.25) is 0 Å². The Bertz CT molecular complexity index is 970. The van der Waals surface area contributed by atoms with E-state index in [1.54, 1.807) is 36.6 Å². The summed E-state index contributed by atoms with van der Waals surface area (Å²) in [6.07, 6.45) is 9.44. The van der Waals surface area contributed by atoms with Crippen LogP contribution in [0.2, 0.25) is 0 Å². The second kappa shape index (κ2) is 8.84. The van der Waals surface area contributed by atoms with Crippen LogP contribution in [0.1, 0.15) is 11.1 Å². The van der Waals surface area contributed by atoms with Gasteiger partial charge in [-0.15, -0.1) is 21.0 Å². The maximum Gasteiger partial charge on any atom is 0.292 e. The van der Waals surface area contributed by atoms with Gasteiger partial charge in [0.05, 0.1) is 0 Å². The van der Waals surface area contributed by atoms with Gasteiger partial charge in [-0.2, -0.15) is 0 Å². The molecule has 0 aliphatic rings. The van der Waals surface area contributed by atoms with E-state index in [1.807, 2.05) is 0 Å². The fraction of sp³-hybridized carbons (Fsp3) is 0. The van der Waals surface area contributed by atoms with Gasteiger partial charge in [-0.1, -0.05) is 12.2 Å². The van der Waals surface area contributed by atoms with E-state index in [4.69, 9.17) is 40.0 Å². The van der Waals surface area contributed by atoms with Gasteiger partial charge in [0.15, 0.2) is 5.75 Å². The fourth-order valence-electron chi connectivity index (χ4n) is 2.01. The summed E-state index contributed by atoms with van der Waals surface area (Å²) >= 11 is 0. The Balaban J connectivity index is 2.37. The van der Waals surface area contributed by atoms with Crippen molar-refractivity contribution in [1.29, 1.82) is 21.0 Å². The molecule has 2 rings (SSSR count). The molecule has 0 saturated carbocycles. The van der Waals surface area contributed by atoms with Crippen LogP contribution in [0.15, 0.2) is 36.4 Å². The van der Waals surface area contributed by atoms with Crippen LogP contribution >= 0.6 is 0 Å². The Morgan fingerprint density at radius 3 is 1.77 bits per heavy atom. The van der Waals surface area contributed by atoms with E-state index in [1.165, 1.54) is 37.0 Å². The molecular formula is C18H8N4O4. The quantitative estimate of drug-likeness (QED) is 0.576. The second-order valence-electron chi connectivity index (χ2n) is 4.54. The predicted molar refractivity (Wildman–Crippen MR) is 86.8 cm³/mol. The summed E-state index contributed by atoms with van der Waals surface area (Å²) in [4.78, 5) is 0. The van der Waals surface area contributed by atoms with Gasteiger partial charge in [0, 0.05) is 17.7 Å². The third kappa shape index (κ3) is 4.67. The normalized spacial score (nSPS) is 9.23. The van der Waals surface area contributed by atoms with E-state index in [9.17, 15) is 0 Å². The van der Waals surface area contributed by atoms with Gasteiger partial charge < -0.3 is 18.9 Å². The van der Waals surface area contributed by atoms with E-state index in [2.05, 4.69) is 0 Å². The molecule has 0 fully saturated rings. The minimum absolute atomic E-state index is 0.189. The highest BCUT2D eigenvalue weighted by atomic mass is 16.5. The van der Waals surface area contributed by atoms with Crippen molar-refractivity contribution in [3.05, 3.63) is 47.5 Å². The minimum atomic E-state index is 0.189. The lowest BCUT2D eigenvalue weighted by molar-refractivity contribution is 0.483. The lowest BCUT2D eigenvalue weighted by Gasteiger charge is -2.05. The van der Waals surface area contributed by atoms with Gasteiger partial charge in [0.2, 0.25) is 0 Å². The second-order valence-corrected chi connectivity index (χ2v) is 4.54. The molecule has 2 aromatic rings. The average Bonchev–Trinajstić information content (AvgIpc) is 2.62. The van der Waals surface area contributed by atoms with Crippen LogP contribution < -0.4 is 18.9 Å². The highest BCUT2D eigenvalue weighted by Crippen LogP contribution is 2.28. The molecule has 0 amide bonds. The SMILES string of the molecule is N#COc1cc(/C=C/c2ccc(OC#N)cc2OC#N)cc(OC#N)c1. The summed E-state index contributed by atoms with van der Waals surface area (Å²) in [7, 11) is 0. The van der Waals surface area contributed by atoms with Crippen LogP contribution in [0.25, 0.3) is 12.2 Å². The van der Waals surface area contributed by atoms with Gasteiger partial charge >= 0.3 is 0 Å². The molecule has 0 saturated heterocycles. The van der Waals surface area contributed by atoms with E-state index in [0.717, 1.165) is 0 Å². The molecule has 8 heteroatoms. The Morgan fingerprint density at radius 1 is 0.615 bits per heavy atom. The first-order chi connectivity index (χ1) is 12.7. The third-order valence-electron chi connectivity index (χ3n) is 2.99. The molecule has 2 aromatic carbocycles. The highest BCUT2D eigenvalue weighted by Gasteiger charge is 2.06. The molecule has 0 radical (unpaired) electrons. The highest BCUT2D eigenvalue weighted by molar-refractivity contribution is 5.74. The van der Waals surface area contributed by atoms with E-state index in [0.29, 0.717) is 11.1 Å². The van der Waals surface area contributed by atoms with Crippen molar-refractivity contribution in [3.8, 4) is 48.0 Å². The molecule has 0 spiro atoms. The predicted octanol–water partition coefficient (Wildman–Crippen LogP) is 3.30. The number of hydrogen-bond acceptors (Lipinski definition) is 8. The molecule has 0 atom stereocenters. The summed E-state index contributed by atoms with van der Waals surface area (Å²) in [6, 6.07) is 9.03. The molecule has 124 valence electrons. The van der Waals surface area contributed by atoms with E-state index in [-0.39, 0.29) is 23.0 Å². The number of nitrogens with zero attached hydrogens (tertiary/aromatic N) is 4. The van der Waals surface area contributed by atoms with Crippen molar-refractivity contribution in [2.75, 3.05) is 0 Å². The van der Waals surface area contributed by atoms with Gasteiger partial charge in [0.25, 0.3) is 25.0 Å². The van der Waals surface area contributed by atoms with Crippen LogP contribution in [0.4, 0.5) is 0 Å². The Kier molecular flexibility index (Phi) is 6.01. The average molecular weight is 344 g/mol. The molecular weight excluding hydrogens is 336 g/mol. The smallest absolute Gasteiger partial charge is 0.292 e. The maximum atomic E-state index is 8.74. The lowest BCUT2D eigenvalue weighted by Crippen LogP contribution is -1.89. The van der Waals surface area contributed by atoms with Crippen LogP contribution in [-0.4, -0.2) is 0 Å². The van der Waals surface area contributed by atoms with Gasteiger partial charge in [-0.25, -0.2) is 0 Å². The van der Waals surface area contributed by atoms with E-state index >= 15 is 0 Å². The summed E-state index contributed by atoms with van der Waals surface area (Å²) in [5, 5.41) is 34.5. The van der Waals surface area contributed by atoms with Crippen LogP contribution in [0.5, 0.6) is 23.0 Å². The Morgan fingerprint density at radius 2 is 1.19 bits per heavy atom. The zero-order valence-electron chi connectivity index (χ0n) is 13.0. The summed E-state index contributed by atoms with van der Waals surface area (Å²) in [5.41, 5.74) is 1.11. The summed E-state index contributed by atoms with van der Waals surface area (Å²) in [5.74, 6) is 0.816. The summed E-state index contributed by atoms with van der Waals surface area (Å²) < 4.78 is 19.1. The lowest BCUT2D eigenvalue weighted by atomic mass is 10.1. The number of ether oxygens (including phenoxy) is 4. The first-order valence-corrected chi connectivity index (χ1v) is 6.91. The van der Waals surface area contributed by atoms with E-state index < -0.39 is 0 Å². The Labute approximate surface area is 148 Å². The fourth-order valence-corrected chi connectivity index (χ4v) is 2.01. The van der Waals surface area contributed by atoms with Crippen LogP contribution in [0, 0.1) is 46.1 Å². The van der Waals surface area contributed by atoms with Crippen LogP contribution in [0.3, 0.4) is 0 Å². The number of nitriles is 4. The van der Waals surface area contributed by atoms with Crippen molar-refractivity contribution in [1.82, 2.24) is 0 Å². The number of hydrogen-bond donors (Lipinski definition) is 0. The minimum Gasteiger partial charge on any atom is -0.388 e. The van der Waals surface area contributed by atoms with Crippen molar-refractivity contribution in [3.63, 3.8) is 0 Å². The molecule has 0 unspecified atom stereocenters. The van der Waals surface area contributed by atoms with Crippen molar-refractivity contribution in [2.24, 2.45) is 0 Å². The Hall–Kier alpha value is -4.66. The summed E-state index contributed by atoms with van der Waals surface area (Å²) in [6.45, 7) is 0. The van der Waals surface area contributed by atoms with Gasteiger partial charge in [0.1, 0.15) is 17.2 Å². The van der Waals surface area contributed by atoms with Crippen molar-refractivity contribution < 1.29 is 18.9 Å². The molecule has 0 bridgehead atoms. The maximum absolute atomic E-state index is 8.74. The van der Waals surface area contributed by atoms with Crippen molar-refractivity contribution >= 4 is 12.2 Å².